The highest BCUT2D eigenvalue weighted by Crippen LogP contribution is 2.41. The van der Waals surface area contributed by atoms with E-state index in [4.69, 9.17) is 9.97 Å². The van der Waals surface area contributed by atoms with Gasteiger partial charge in [-0.15, -0.1) is 11.3 Å². The molecule has 2 nitrogen and oxygen atoms in total. The molecule has 0 aliphatic rings. The van der Waals surface area contributed by atoms with Gasteiger partial charge in [-0.05, 0) is 96.0 Å². The van der Waals surface area contributed by atoms with Crippen LogP contribution in [0, 0.1) is 0 Å². The van der Waals surface area contributed by atoms with Crippen molar-refractivity contribution in [2.75, 3.05) is 0 Å². The van der Waals surface area contributed by atoms with Crippen LogP contribution in [-0.4, -0.2) is 9.97 Å². The zero-order chi connectivity index (χ0) is 36.3. The van der Waals surface area contributed by atoms with Gasteiger partial charge in [0.2, 0.25) is 0 Å². The number of hydrogen-bond donors (Lipinski definition) is 0. The second-order valence-corrected chi connectivity index (χ2v) is 15.2. The maximum atomic E-state index is 5.37. The summed E-state index contributed by atoms with van der Waals surface area (Å²) in [6.07, 6.45) is 0. The minimum absolute atomic E-state index is 0.728. The Hall–Kier alpha value is -6.94. The molecule has 0 bridgehead atoms. The molecule has 0 N–H and O–H groups in total. The van der Waals surface area contributed by atoms with E-state index >= 15 is 0 Å². The van der Waals surface area contributed by atoms with Gasteiger partial charge in [0.1, 0.15) is 4.83 Å². The molecule has 3 heteroatoms. The van der Waals surface area contributed by atoms with Crippen molar-refractivity contribution < 1.29 is 0 Å². The van der Waals surface area contributed by atoms with Crippen LogP contribution in [0.3, 0.4) is 0 Å². The highest BCUT2D eigenvalue weighted by atomic mass is 32.1. The first kappa shape index (κ1) is 31.6. The molecule has 0 fully saturated rings. The van der Waals surface area contributed by atoms with Crippen LogP contribution in [0.25, 0.3) is 109 Å². The Balaban J connectivity index is 1.02. The third-order valence-corrected chi connectivity index (χ3v) is 11.9. The molecule has 9 aromatic carbocycles. The monoisotopic (exact) mass is 716 g/mol. The van der Waals surface area contributed by atoms with Gasteiger partial charge in [0.05, 0.1) is 5.69 Å². The smallest absolute Gasteiger partial charge is 0.161 e. The van der Waals surface area contributed by atoms with Crippen LogP contribution in [0.1, 0.15) is 0 Å². The SMILES string of the molecule is c1ccc(-c2cccc(-c3nc(-c4cccc(-c5cccc(-c6ccc7c8ccccc8c8ccccc8c7c6)c5)c4)nc4sc5ccccc5c34)c2)cc1. The van der Waals surface area contributed by atoms with Gasteiger partial charge in [-0.3, -0.25) is 0 Å². The predicted octanol–water partition coefficient (Wildman–Crippen LogP) is 14.6. The first-order chi connectivity index (χ1) is 27.2. The normalized spacial score (nSPS) is 11.6. The van der Waals surface area contributed by atoms with Crippen LogP contribution in [0.4, 0.5) is 0 Å². The summed E-state index contributed by atoms with van der Waals surface area (Å²) < 4.78 is 1.21. The minimum atomic E-state index is 0.728. The minimum Gasteiger partial charge on any atom is -0.227 e. The van der Waals surface area contributed by atoms with Crippen molar-refractivity contribution >= 4 is 64.0 Å². The van der Waals surface area contributed by atoms with E-state index in [1.165, 1.54) is 64.7 Å². The highest BCUT2D eigenvalue weighted by molar-refractivity contribution is 7.25. The Morgan fingerprint density at radius 1 is 0.291 bits per heavy atom. The van der Waals surface area contributed by atoms with Crippen molar-refractivity contribution in [1.82, 2.24) is 9.97 Å². The lowest BCUT2D eigenvalue weighted by molar-refractivity contribution is 1.24. The van der Waals surface area contributed by atoms with E-state index in [2.05, 4.69) is 194 Å². The summed E-state index contributed by atoms with van der Waals surface area (Å²) in [6, 6.07) is 69.8. The quantitative estimate of drug-likeness (QED) is 0.166. The summed E-state index contributed by atoms with van der Waals surface area (Å²) in [5.74, 6) is 0.728. The summed E-state index contributed by atoms with van der Waals surface area (Å²) in [5.41, 5.74) is 10.1. The molecule has 0 amide bonds. The van der Waals surface area contributed by atoms with Crippen molar-refractivity contribution in [2.45, 2.75) is 0 Å². The third-order valence-electron chi connectivity index (χ3n) is 10.9. The molecule has 11 aromatic rings. The molecule has 256 valence electrons. The molecule has 2 heterocycles. The lowest BCUT2D eigenvalue weighted by Crippen LogP contribution is -1.94. The first-order valence-electron chi connectivity index (χ1n) is 18.6. The van der Waals surface area contributed by atoms with Crippen LogP contribution in [0.2, 0.25) is 0 Å². The molecule has 11 rings (SSSR count). The van der Waals surface area contributed by atoms with E-state index < -0.39 is 0 Å². The molecule has 0 saturated heterocycles. The van der Waals surface area contributed by atoms with Crippen molar-refractivity contribution in [3.8, 4) is 56.0 Å². The van der Waals surface area contributed by atoms with Crippen LogP contribution in [0.15, 0.2) is 194 Å². The maximum Gasteiger partial charge on any atom is 0.161 e. The van der Waals surface area contributed by atoms with Gasteiger partial charge in [-0.2, -0.15) is 0 Å². The Kier molecular flexibility index (Phi) is 7.39. The van der Waals surface area contributed by atoms with E-state index in [1.807, 2.05) is 0 Å². The summed E-state index contributed by atoms with van der Waals surface area (Å²) in [6.45, 7) is 0. The lowest BCUT2D eigenvalue weighted by atomic mass is 9.91. The van der Waals surface area contributed by atoms with E-state index in [0.717, 1.165) is 44.0 Å². The van der Waals surface area contributed by atoms with Crippen molar-refractivity contribution in [3.05, 3.63) is 194 Å². The number of benzene rings is 9. The molecule has 0 spiro atoms. The second kappa shape index (κ2) is 12.9. The molecule has 0 unspecified atom stereocenters. The van der Waals surface area contributed by atoms with Crippen LogP contribution >= 0.6 is 11.3 Å². The van der Waals surface area contributed by atoms with Crippen LogP contribution in [0.5, 0.6) is 0 Å². The fraction of sp³-hybridized carbons (Fsp3) is 0. The number of aromatic nitrogens is 2. The molecular weight excluding hydrogens is 685 g/mol. The number of hydrogen-bond acceptors (Lipinski definition) is 3. The van der Waals surface area contributed by atoms with Gasteiger partial charge >= 0.3 is 0 Å². The van der Waals surface area contributed by atoms with Gasteiger partial charge in [-0.25, -0.2) is 9.97 Å². The molecule has 0 radical (unpaired) electrons. The van der Waals surface area contributed by atoms with Gasteiger partial charge in [0.15, 0.2) is 5.82 Å². The molecular formula is C52H32N2S. The standard InChI is InChI=1S/C52H32N2S/c1-2-13-33(14-3-1)34-15-11-19-39(30-34)50-49-46-25-8-9-26-48(46)55-52(49)54-51(53-50)40-20-12-18-37(31-40)35-16-10-17-36(29-35)38-27-28-45-43-23-5-4-21-41(43)42-22-6-7-24-44(42)47(45)32-38/h1-32H. The zero-order valence-electron chi connectivity index (χ0n) is 29.8. The molecule has 0 saturated carbocycles. The van der Waals surface area contributed by atoms with E-state index in [1.54, 1.807) is 11.3 Å². The largest absolute Gasteiger partial charge is 0.227 e. The van der Waals surface area contributed by atoms with Crippen LogP contribution in [-0.2, 0) is 0 Å². The van der Waals surface area contributed by atoms with E-state index in [9.17, 15) is 0 Å². The van der Waals surface area contributed by atoms with E-state index in [0.29, 0.717) is 0 Å². The van der Waals surface area contributed by atoms with E-state index in [-0.39, 0.29) is 0 Å². The third kappa shape index (κ3) is 5.40. The molecule has 0 atom stereocenters. The number of fused-ring (bicyclic) bond motifs is 9. The van der Waals surface area contributed by atoms with Gasteiger partial charge < -0.3 is 0 Å². The number of thiophene rings is 1. The van der Waals surface area contributed by atoms with Crippen molar-refractivity contribution in [1.29, 1.82) is 0 Å². The zero-order valence-corrected chi connectivity index (χ0v) is 30.6. The van der Waals surface area contributed by atoms with Crippen molar-refractivity contribution in [2.24, 2.45) is 0 Å². The summed E-state index contributed by atoms with van der Waals surface area (Å²) in [7, 11) is 0. The maximum absolute atomic E-state index is 5.37. The second-order valence-electron chi connectivity index (χ2n) is 14.1. The number of nitrogens with zero attached hydrogens (tertiary/aromatic N) is 2. The molecule has 0 aliphatic heterocycles. The average Bonchev–Trinajstić information content (AvgIpc) is 3.65. The Bertz CT molecular complexity index is 3230. The van der Waals surface area contributed by atoms with Gasteiger partial charge in [-0.1, -0.05) is 164 Å². The first-order valence-corrected chi connectivity index (χ1v) is 19.5. The molecule has 0 aliphatic carbocycles. The van der Waals surface area contributed by atoms with Gasteiger partial charge in [0.25, 0.3) is 0 Å². The lowest BCUT2D eigenvalue weighted by Gasteiger charge is -2.13. The fourth-order valence-electron chi connectivity index (χ4n) is 8.24. The average molecular weight is 717 g/mol. The Morgan fingerprint density at radius 2 is 0.745 bits per heavy atom. The highest BCUT2D eigenvalue weighted by Gasteiger charge is 2.18. The molecule has 2 aromatic heterocycles. The fourth-order valence-corrected chi connectivity index (χ4v) is 9.32. The van der Waals surface area contributed by atoms with Gasteiger partial charge in [0, 0.05) is 26.6 Å². The summed E-state index contributed by atoms with van der Waals surface area (Å²) in [4.78, 5) is 11.6. The van der Waals surface area contributed by atoms with Crippen LogP contribution < -0.4 is 0 Å². The molecule has 55 heavy (non-hydrogen) atoms. The Morgan fingerprint density at radius 3 is 1.42 bits per heavy atom. The number of rotatable bonds is 5. The summed E-state index contributed by atoms with van der Waals surface area (Å²) >= 11 is 1.73. The topological polar surface area (TPSA) is 25.8 Å². The Labute approximate surface area is 322 Å². The predicted molar refractivity (Wildman–Crippen MR) is 235 cm³/mol. The summed E-state index contributed by atoms with van der Waals surface area (Å²) in [5, 5.41) is 10.0. The van der Waals surface area contributed by atoms with Crippen molar-refractivity contribution in [3.63, 3.8) is 0 Å².